The Morgan fingerprint density at radius 2 is 1.89 bits per heavy atom. The lowest BCUT2D eigenvalue weighted by molar-refractivity contribution is -0.419. The molecule has 90 valence electrons. The lowest BCUT2D eigenvalue weighted by atomic mass is 9.99. The molecule has 2 aliphatic carbocycles. The van der Waals surface area contributed by atoms with Crippen LogP contribution in [0.4, 0.5) is 0 Å². The van der Waals surface area contributed by atoms with Crippen molar-refractivity contribution in [1.29, 1.82) is 0 Å². The maximum absolute atomic E-state index is 11.3. The number of aromatic nitrogens is 2. The van der Waals surface area contributed by atoms with Crippen LogP contribution in [0, 0.1) is 10.1 Å². The van der Waals surface area contributed by atoms with Crippen LogP contribution in [0.25, 0.3) is 11.6 Å². The predicted octanol–water partition coefficient (Wildman–Crippen LogP) is -1.50. The molecule has 1 heterocycles. The fourth-order valence-corrected chi connectivity index (χ4v) is 2.11. The van der Waals surface area contributed by atoms with Crippen LogP contribution in [0.15, 0.2) is 33.0 Å². The second-order valence-corrected chi connectivity index (χ2v) is 4.01. The van der Waals surface area contributed by atoms with Gasteiger partial charge in [0.25, 0.3) is 5.70 Å². The van der Waals surface area contributed by atoms with Crippen LogP contribution < -0.4 is 21.8 Å². The van der Waals surface area contributed by atoms with E-state index in [-0.39, 0.29) is 5.70 Å². The smallest absolute Gasteiger partial charge is 0.314 e. The summed E-state index contributed by atoms with van der Waals surface area (Å²) >= 11 is 0. The number of nitro groups is 1. The number of hydrogen-bond acceptors (Lipinski definition) is 4. The Kier molecular flexibility index (Phi) is 1.97. The van der Waals surface area contributed by atoms with Crippen LogP contribution in [-0.4, -0.2) is 14.9 Å². The summed E-state index contributed by atoms with van der Waals surface area (Å²) in [5.74, 6) is 0. The highest BCUT2D eigenvalue weighted by atomic mass is 16.6. The van der Waals surface area contributed by atoms with Crippen LogP contribution in [0.2, 0.25) is 0 Å². The van der Waals surface area contributed by atoms with E-state index >= 15 is 0 Å². The third-order valence-corrected chi connectivity index (χ3v) is 2.94. The van der Waals surface area contributed by atoms with E-state index in [0.717, 1.165) is 5.57 Å². The van der Waals surface area contributed by atoms with Crippen LogP contribution in [0.1, 0.15) is 6.42 Å². The Balaban J connectivity index is 2.31. The van der Waals surface area contributed by atoms with Gasteiger partial charge in [-0.25, -0.2) is 0 Å². The molecule has 2 N–H and O–H groups in total. The minimum Gasteiger partial charge on any atom is -0.316 e. The molecular formula is C11H7N3O4. The molecule has 3 rings (SSSR count). The largest absolute Gasteiger partial charge is 0.316 e. The van der Waals surface area contributed by atoms with Gasteiger partial charge in [-0.15, -0.1) is 0 Å². The number of fused-ring (bicyclic) bond motifs is 2. The van der Waals surface area contributed by atoms with Gasteiger partial charge in [-0.1, -0.05) is 0 Å². The Hall–Kier alpha value is -2.70. The molecule has 7 heteroatoms. The number of allylic oxidation sites excluding steroid dienone is 3. The molecule has 0 bridgehead atoms. The topological polar surface area (TPSA) is 109 Å². The van der Waals surface area contributed by atoms with E-state index in [1.807, 2.05) is 0 Å². The maximum Gasteiger partial charge on any atom is 0.314 e. The average molecular weight is 245 g/mol. The maximum atomic E-state index is 11.3. The first-order valence-electron chi connectivity index (χ1n) is 5.20. The third-order valence-electron chi connectivity index (χ3n) is 2.94. The van der Waals surface area contributed by atoms with E-state index in [0.29, 0.717) is 22.7 Å². The second kappa shape index (κ2) is 3.39. The van der Waals surface area contributed by atoms with Crippen LogP contribution in [0.3, 0.4) is 0 Å². The summed E-state index contributed by atoms with van der Waals surface area (Å²) in [4.78, 5) is 37.6. The summed E-state index contributed by atoms with van der Waals surface area (Å²) in [6.45, 7) is 0. The summed E-state index contributed by atoms with van der Waals surface area (Å²) in [6.07, 6.45) is 4.88. The van der Waals surface area contributed by atoms with E-state index in [2.05, 4.69) is 9.97 Å². The van der Waals surface area contributed by atoms with Gasteiger partial charge in [-0.2, -0.15) is 0 Å². The number of nitrogens with zero attached hydrogens (tertiary/aromatic N) is 1. The highest BCUT2D eigenvalue weighted by Gasteiger charge is 2.20. The Morgan fingerprint density at radius 1 is 1.17 bits per heavy atom. The zero-order valence-corrected chi connectivity index (χ0v) is 9.02. The molecule has 0 amide bonds. The van der Waals surface area contributed by atoms with Crippen molar-refractivity contribution in [1.82, 2.24) is 9.97 Å². The predicted molar refractivity (Wildman–Crippen MR) is 62.6 cm³/mol. The summed E-state index contributed by atoms with van der Waals surface area (Å²) in [5.41, 5.74) is -0.00425. The van der Waals surface area contributed by atoms with E-state index in [9.17, 15) is 19.7 Å². The molecule has 0 aromatic carbocycles. The van der Waals surface area contributed by atoms with E-state index < -0.39 is 16.0 Å². The SMILES string of the molecule is O=c1[nH]c2c([nH]c1=O)=C1CC=C([N+](=O)[O-])C=C1C=2. The first kappa shape index (κ1) is 10.5. The number of rotatable bonds is 1. The van der Waals surface area contributed by atoms with E-state index in [4.69, 9.17) is 0 Å². The molecule has 0 atom stereocenters. The van der Waals surface area contributed by atoms with E-state index in [1.165, 1.54) is 12.2 Å². The molecule has 18 heavy (non-hydrogen) atoms. The van der Waals surface area contributed by atoms with Crippen molar-refractivity contribution in [2.75, 3.05) is 0 Å². The fraction of sp³-hybridized carbons (Fsp3) is 0.0909. The Labute approximate surface area is 98.6 Å². The molecule has 0 spiro atoms. The van der Waals surface area contributed by atoms with Gasteiger partial charge < -0.3 is 9.97 Å². The van der Waals surface area contributed by atoms with Crippen molar-refractivity contribution in [2.45, 2.75) is 6.42 Å². The van der Waals surface area contributed by atoms with Gasteiger partial charge in [0, 0.05) is 12.5 Å². The average Bonchev–Trinajstić information content (AvgIpc) is 2.66. The molecule has 7 nitrogen and oxygen atoms in total. The van der Waals surface area contributed by atoms with Crippen molar-refractivity contribution in [3.8, 4) is 0 Å². The minimum atomic E-state index is -0.729. The molecule has 0 saturated carbocycles. The molecule has 0 unspecified atom stereocenters. The van der Waals surface area contributed by atoms with Crippen molar-refractivity contribution in [3.63, 3.8) is 0 Å². The second-order valence-electron chi connectivity index (χ2n) is 4.01. The fourth-order valence-electron chi connectivity index (χ4n) is 2.11. The first-order valence-corrected chi connectivity index (χ1v) is 5.20. The molecule has 1 aromatic heterocycles. The first-order chi connectivity index (χ1) is 8.56. The van der Waals surface area contributed by atoms with Crippen molar-refractivity contribution >= 4 is 11.6 Å². The number of hydrogen-bond donors (Lipinski definition) is 2. The number of nitrogens with one attached hydrogen (secondary N) is 2. The monoisotopic (exact) mass is 245 g/mol. The third kappa shape index (κ3) is 1.37. The normalized spacial score (nSPS) is 16.3. The quantitative estimate of drug-likeness (QED) is 0.356. The van der Waals surface area contributed by atoms with Crippen LogP contribution >= 0.6 is 0 Å². The standard InChI is InChI=1S/C11H7N3O4/c15-10-11(16)13-9-7-2-1-6(14(17)18)3-5(7)4-8(9)12-10/h1,3-4H,2H2,(H,12,15)(H,13,16). The van der Waals surface area contributed by atoms with Gasteiger partial charge in [0.15, 0.2) is 0 Å². The van der Waals surface area contributed by atoms with Crippen molar-refractivity contribution in [2.24, 2.45) is 0 Å². The van der Waals surface area contributed by atoms with Gasteiger partial charge in [-0.3, -0.25) is 19.7 Å². The van der Waals surface area contributed by atoms with Gasteiger partial charge in [-0.05, 0) is 23.3 Å². The summed E-state index contributed by atoms with van der Waals surface area (Å²) in [6, 6.07) is 0. The number of aromatic amines is 2. The highest BCUT2D eigenvalue weighted by Crippen LogP contribution is 2.25. The Morgan fingerprint density at radius 3 is 2.61 bits per heavy atom. The summed E-state index contributed by atoms with van der Waals surface area (Å²) < 4.78 is 0. The molecule has 1 aromatic rings. The molecule has 0 fully saturated rings. The molecule has 2 aliphatic rings. The van der Waals surface area contributed by atoms with Gasteiger partial charge in [0.1, 0.15) is 0 Å². The van der Waals surface area contributed by atoms with Gasteiger partial charge in [0.05, 0.1) is 15.6 Å². The van der Waals surface area contributed by atoms with Crippen molar-refractivity contribution in [3.05, 3.63) is 64.9 Å². The van der Waals surface area contributed by atoms with Gasteiger partial charge >= 0.3 is 11.1 Å². The molecule has 0 aliphatic heterocycles. The number of H-pyrrole nitrogens is 2. The van der Waals surface area contributed by atoms with Gasteiger partial charge in [0.2, 0.25) is 0 Å². The summed E-state index contributed by atoms with van der Waals surface area (Å²) in [7, 11) is 0. The highest BCUT2D eigenvalue weighted by molar-refractivity contribution is 5.83. The minimum absolute atomic E-state index is 0.0162. The van der Waals surface area contributed by atoms with Crippen LogP contribution in [0.5, 0.6) is 0 Å². The van der Waals surface area contributed by atoms with Crippen molar-refractivity contribution < 1.29 is 4.92 Å². The lowest BCUT2D eigenvalue weighted by Crippen LogP contribution is -2.46. The molecule has 0 saturated heterocycles. The Bertz CT molecular complexity index is 867. The van der Waals surface area contributed by atoms with E-state index in [1.54, 1.807) is 6.08 Å². The summed E-state index contributed by atoms with van der Waals surface area (Å²) in [5, 5.41) is 11.7. The zero-order valence-electron chi connectivity index (χ0n) is 9.02. The molecule has 0 radical (unpaired) electrons. The van der Waals surface area contributed by atoms with Crippen LogP contribution in [-0.2, 0) is 0 Å². The lowest BCUT2D eigenvalue weighted by Gasteiger charge is -2.06. The zero-order chi connectivity index (χ0) is 12.9. The molecular weight excluding hydrogens is 238 g/mol.